The molecule has 1 aliphatic carbocycles. The van der Waals surface area contributed by atoms with Gasteiger partial charge in [-0.05, 0) is 62.8 Å². The van der Waals surface area contributed by atoms with Crippen molar-refractivity contribution < 1.29 is 20.1 Å². The van der Waals surface area contributed by atoms with Gasteiger partial charge >= 0.3 is 0 Å². The van der Waals surface area contributed by atoms with E-state index in [0.29, 0.717) is 29.7 Å². The molecule has 0 radical (unpaired) electrons. The molecule has 0 aromatic heterocycles. The molecule has 2 aliphatic rings. The molecule has 132 valence electrons. The SMILES string of the molecule is CCCCCc1cc(O)c2c(c1)OC(C)(C)C1=C2[C@@H](O)[C@H](O)CC1. The first-order chi connectivity index (χ1) is 11.3. The van der Waals surface area contributed by atoms with Crippen molar-refractivity contribution in [2.45, 2.75) is 77.1 Å². The number of aliphatic hydroxyl groups excluding tert-OH is 2. The summed E-state index contributed by atoms with van der Waals surface area (Å²) in [6.45, 7) is 6.13. The summed E-state index contributed by atoms with van der Waals surface area (Å²) in [6, 6.07) is 3.75. The first-order valence-electron chi connectivity index (χ1n) is 9.00. The molecule has 3 rings (SSSR count). The van der Waals surface area contributed by atoms with Crippen molar-refractivity contribution in [2.24, 2.45) is 0 Å². The maximum absolute atomic E-state index is 10.6. The van der Waals surface area contributed by atoms with E-state index >= 15 is 0 Å². The van der Waals surface area contributed by atoms with Crippen molar-refractivity contribution in [2.75, 3.05) is 0 Å². The van der Waals surface area contributed by atoms with Crippen LogP contribution in [-0.2, 0) is 6.42 Å². The van der Waals surface area contributed by atoms with Gasteiger partial charge in [0.1, 0.15) is 23.2 Å². The standard InChI is InChI=1S/C20H28O4/c1-4-5-6-7-12-10-15(22)18-16(11-12)24-20(2,3)13-8-9-14(21)19(23)17(13)18/h10-11,14,19,21-23H,4-9H2,1-3H3/t14-,19+/m1/s1. The van der Waals surface area contributed by atoms with E-state index in [2.05, 4.69) is 6.92 Å². The summed E-state index contributed by atoms with van der Waals surface area (Å²) in [7, 11) is 0. The van der Waals surface area contributed by atoms with Gasteiger partial charge in [0.15, 0.2) is 0 Å². The largest absolute Gasteiger partial charge is 0.507 e. The minimum Gasteiger partial charge on any atom is -0.507 e. The zero-order valence-electron chi connectivity index (χ0n) is 14.8. The lowest BCUT2D eigenvalue weighted by molar-refractivity contribution is 0.0336. The number of phenolic OH excluding ortho intramolecular Hbond substituents is 1. The smallest absolute Gasteiger partial charge is 0.132 e. The average molecular weight is 332 g/mol. The third-order valence-electron chi connectivity index (χ3n) is 5.25. The lowest BCUT2D eigenvalue weighted by Crippen LogP contribution is -2.42. The van der Waals surface area contributed by atoms with Crippen LogP contribution in [-0.4, -0.2) is 33.1 Å². The Labute approximate surface area is 143 Å². The molecule has 1 aliphatic heterocycles. The van der Waals surface area contributed by atoms with Crippen LogP contribution in [0.1, 0.15) is 64.0 Å². The second-order valence-electron chi connectivity index (χ2n) is 7.50. The van der Waals surface area contributed by atoms with Crippen molar-refractivity contribution in [3.63, 3.8) is 0 Å². The summed E-state index contributed by atoms with van der Waals surface area (Å²) >= 11 is 0. The Balaban J connectivity index is 2.06. The molecule has 0 unspecified atom stereocenters. The van der Waals surface area contributed by atoms with Gasteiger partial charge in [-0.15, -0.1) is 0 Å². The first kappa shape index (κ1) is 17.3. The van der Waals surface area contributed by atoms with Crippen LogP contribution >= 0.6 is 0 Å². The molecule has 0 bridgehead atoms. The summed E-state index contributed by atoms with van der Waals surface area (Å²) in [5.74, 6) is 0.744. The molecule has 0 saturated heterocycles. The Morgan fingerprint density at radius 3 is 2.67 bits per heavy atom. The average Bonchev–Trinajstić information content (AvgIpc) is 2.50. The number of rotatable bonds is 4. The van der Waals surface area contributed by atoms with Crippen LogP contribution < -0.4 is 4.74 Å². The molecule has 1 aromatic rings. The number of hydrogen-bond acceptors (Lipinski definition) is 4. The van der Waals surface area contributed by atoms with Crippen LogP contribution in [0, 0.1) is 0 Å². The third-order valence-corrected chi connectivity index (χ3v) is 5.25. The lowest BCUT2D eigenvalue weighted by atomic mass is 9.75. The molecule has 0 saturated carbocycles. The number of aryl methyl sites for hydroxylation is 1. The summed E-state index contributed by atoms with van der Waals surface area (Å²) in [5.41, 5.74) is 2.68. The molecule has 3 N–H and O–H groups in total. The Morgan fingerprint density at radius 1 is 1.21 bits per heavy atom. The van der Waals surface area contributed by atoms with Crippen molar-refractivity contribution in [3.05, 3.63) is 28.8 Å². The van der Waals surface area contributed by atoms with E-state index in [9.17, 15) is 15.3 Å². The van der Waals surface area contributed by atoms with Crippen molar-refractivity contribution >= 4 is 5.57 Å². The predicted molar refractivity (Wildman–Crippen MR) is 94.2 cm³/mol. The highest BCUT2D eigenvalue weighted by molar-refractivity contribution is 5.83. The molecular weight excluding hydrogens is 304 g/mol. The predicted octanol–water partition coefficient (Wildman–Crippen LogP) is 3.57. The Kier molecular flexibility index (Phi) is 4.63. The Bertz CT molecular complexity index is 660. The fraction of sp³-hybridized carbons (Fsp3) is 0.600. The van der Waals surface area contributed by atoms with E-state index in [-0.39, 0.29) is 5.75 Å². The molecule has 24 heavy (non-hydrogen) atoms. The monoisotopic (exact) mass is 332 g/mol. The number of ether oxygens (including phenoxy) is 1. The molecule has 0 spiro atoms. The lowest BCUT2D eigenvalue weighted by Gasteiger charge is -2.42. The van der Waals surface area contributed by atoms with Gasteiger partial charge in [0, 0.05) is 5.57 Å². The van der Waals surface area contributed by atoms with Gasteiger partial charge in [-0.3, -0.25) is 0 Å². The molecular formula is C20H28O4. The summed E-state index contributed by atoms with van der Waals surface area (Å²) in [6.07, 6.45) is 3.69. The molecule has 0 fully saturated rings. The molecule has 0 amide bonds. The van der Waals surface area contributed by atoms with Gasteiger partial charge in [-0.1, -0.05) is 19.8 Å². The van der Waals surface area contributed by atoms with E-state index in [1.807, 2.05) is 19.9 Å². The van der Waals surface area contributed by atoms with Crippen molar-refractivity contribution in [1.82, 2.24) is 0 Å². The van der Waals surface area contributed by atoms with Gasteiger partial charge in [-0.25, -0.2) is 0 Å². The van der Waals surface area contributed by atoms with Gasteiger partial charge < -0.3 is 20.1 Å². The fourth-order valence-corrected chi connectivity index (χ4v) is 3.95. The van der Waals surface area contributed by atoms with E-state index in [0.717, 1.165) is 36.8 Å². The summed E-state index contributed by atoms with van der Waals surface area (Å²) in [5, 5.41) is 31.2. The second kappa shape index (κ2) is 6.41. The highest BCUT2D eigenvalue weighted by atomic mass is 16.5. The van der Waals surface area contributed by atoms with Gasteiger partial charge in [0.25, 0.3) is 0 Å². The number of phenols is 1. The number of aromatic hydroxyl groups is 1. The first-order valence-corrected chi connectivity index (χ1v) is 9.00. The zero-order valence-corrected chi connectivity index (χ0v) is 14.8. The quantitative estimate of drug-likeness (QED) is 0.737. The number of benzene rings is 1. The summed E-state index contributed by atoms with van der Waals surface area (Å²) in [4.78, 5) is 0. The maximum atomic E-state index is 10.6. The molecule has 1 aromatic carbocycles. The van der Waals surface area contributed by atoms with E-state index in [4.69, 9.17) is 4.74 Å². The third kappa shape index (κ3) is 2.93. The van der Waals surface area contributed by atoms with Gasteiger partial charge in [0.05, 0.1) is 11.7 Å². The number of fused-ring (bicyclic) bond motifs is 2. The van der Waals surface area contributed by atoms with E-state index < -0.39 is 17.8 Å². The Hall–Kier alpha value is -1.52. The molecule has 1 heterocycles. The molecule has 2 atom stereocenters. The molecule has 4 nitrogen and oxygen atoms in total. The summed E-state index contributed by atoms with van der Waals surface area (Å²) < 4.78 is 6.19. The topological polar surface area (TPSA) is 69.9 Å². The van der Waals surface area contributed by atoms with E-state index in [1.165, 1.54) is 0 Å². The van der Waals surface area contributed by atoms with Gasteiger partial charge in [0.2, 0.25) is 0 Å². The van der Waals surface area contributed by atoms with Crippen LogP contribution in [0.15, 0.2) is 17.7 Å². The molecule has 4 heteroatoms. The normalized spacial score (nSPS) is 25.0. The van der Waals surface area contributed by atoms with Crippen LogP contribution in [0.4, 0.5) is 0 Å². The maximum Gasteiger partial charge on any atom is 0.132 e. The zero-order chi connectivity index (χ0) is 17.5. The van der Waals surface area contributed by atoms with E-state index in [1.54, 1.807) is 6.07 Å². The number of aliphatic hydroxyl groups is 2. The van der Waals surface area contributed by atoms with Crippen LogP contribution in [0.3, 0.4) is 0 Å². The number of hydrogen-bond donors (Lipinski definition) is 3. The van der Waals surface area contributed by atoms with Crippen LogP contribution in [0.25, 0.3) is 5.57 Å². The van der Waals surface area contributed by atoms with Gasteiger partial charge in [-0.2, -0.15) is 0 Å². The second-order valence-corrected chi connectivity index (χ2v) is 7.50. The highest BCUT2D eigenvalue weighted by Gasteiger charge is 2.43. The van der Waals surface area contributed by atoms with Crippen molar-refractivity contribution in [1.29, 1.82) is 0 Å². The van der Waals surface area contributed by atoms with Crippen LogP contribution in [0.2, 0.25) is 0 Å². The highest BCUT2D eigenvalue weighted by Crippen LogP contribution is 2.50. The van der Waals surface area contributed by atoms with Crippen LogP contribution in [0.5, 0.6) is 11.5 Å². The minimum atomic E-state index is -0.979. The fourth-order valence-electron chi connectivity index (χ4n) is 3.95. The number of unbranched alkanes of at least 4 members (excludes halogenated alkanes) is 2. The minimum absolute atomic E-state index is 0.134. The Morgan fingerprint density at radius 2 is 1.96 bits per heavy atom. The van der Waals surface area contributed by atoms with Crippen molar-refractivity contribution in [3.8, 4) is 11.5 Å².